The van der Waals surface area contributed by atoms with Crippen LogP contribution in [0.15, 0.2) is 47.4 Å². The molecule has 166 valence electrons. The van der Waals surface area contributed by atoms with E-state index in [9.17, 15) is 19.2 Å². The molecule has 4 amide bonds. The third-order valence-electron chi connectivity index (χ3n) is 4.80. The number of hydrogen-bond acceptors (Lipinski definition) is 5. The standard InChI is InChI=1S/C24H25N3O4S/c1-15-4-6-18(7-5-15)13-20-23(30)27(24(31)32-20)9-8-25-21(28)14-26-22(29)19-11-16(2)10-17(3)12-19/h4-7,10-13H,8-9,14H2,1-3H3,(H,25,28)(H,26,29)/b20-13+. The number of nitrogens with zero attached hydrogens (tertiary/aromatic N) is 1. The average Bonchev–Trinajstić information content (AvgIpc) is 3.00. The zero-order chi connectivity index (χ0) is 23.3. The third-order valence-corrected chi connectivity index (χ3v) is 5.71. The van der Waals surface area contributed by atoms with Crippen molar-refractivity contribution in [3.05, 3.63) is 75.2 Å². The van der Waals surface area contributed by atoms with Crippen LogP contribution in [0.25, 0.3) is 6.08 Å². The van der Waals surface area contributed by atoms with Gasteiger partial charge < -0.3 is 10.6 Å². The maximum atomic E-state index is 12.5. The predicted octanol–water partition coefficient (Wildman–Crippen LogP) is 3.19. The summed E-state index contributed by atoms with van der Waals surface area (Å²) in [6.45, 7) is 5.75. The van der Waals surface area contributed by atoms with Gasteiger partial charge in [-0.3, -0.25) is 24.1 Å². The van der Waals surface area contributed by atoms with E-state index in [0.29, 0.717) is 10.5 Å². The second kappa shape index (κ2) is 10.3. The first-order valence-electron chi connectivity index (χ1n) is 10.2. The van der Waals surface area contributed by atoms with Gasteiger partial charge in [0.2, 0.25) is 5.91 Å². The number of hydrogen-bond donors (Lipinski definition) is 2. The van der Waals surface area contributed by atoms with Gasteiger partial charge in [-0.2, -0.15) is 0 Å². The molecule has 0 atom stereocenters. The molecule has 1 aliphatic rings. The van der Waals surface area contributed by atoms with E-state index >= 15 is 0 Å². The van der Waals surface area contributed by atoms with E-state index < -0.39 is 5.91 Å². The van der Waals surface area contributed by atoms with Crippen molar-refractivity contribution in [3.8, 4) is 0 Å². The van der Waals surface area contributed by atoms with E-state index in [1.165, 1.54) is 0 Å². The van der Waals surface area contributed by atoms with Crippen LogP contribution < -0.4 is 10.6 Å². The number of rotatable bonds is 7. The van der Waals surface area contributed by atoms with Gasteiger partial charge >= 0.3 is 0 Å². The number of benzene rings is 2. The number of aryl methyl sites for hydroxylation is 3. The highest BCUT2D eigenvalue weighted by atomic mass is 32.2. The fourth-order valence-corrected chi connectivity index (χ4v) is 4.11. The molecular weight excluding hydrogens is 426 g/mol. The summed E-state index contributed by atoms with van der Waals surface area (Å²) in [5, 5.41) is 4.83. The molecule has 0 aliphatic carbocycles. The second-order valence-electron chi connectivity index (χ2n) is 7.65. The Hall–Kier alpha value is -3.39. The monoisotopic (exact) mass is 451 g/mol. The first kappa shape index (κ1) is 23.3. The largest absolute Gasteiger partial charge is 0.353 e. The van der Waals surface area contributed by atoms with Crippen molar-refractivity contribution >= 4 is 40.8 Å². The summed E-state index contributed by atoms with van der Waals surface area (Å²) in [7, 11) is 0. The molecule has 0 radical (unpaired) electrons. The number of imide groups is 1. The summed E-state index contributed by atoms with van der Waals surface area (Å²) in [6, 6.07) is 13.1. The van der Waals surface area contributed by atoms with Crippen LogP contribution in [0.3, 0.4) is 0 Å². The summed E-state index contributed by atoms with van der Waals surface area (Å²) in [6.07, 6.45) is 1.69. The lowest BCUT2D eigenvalue weighted by Crippen LogP contribution is -2.41. The number of amides is 4. The highest BCUT2D eigenvalue weighted by Gasteiger charge is 2.34. The normalized spacial score (nSPS) is 14.7. The minimum Gasteiger partial charge on any atom is -0.353 e. The number of carbonyl (C=O) groups is 4. The van der Waals surface area contributed by atoms with Gasteiger partial charge in [0.1, 0.15) is 0 Å². The molecule has 0 bridgehead atoms. The molecule has 0 spiro atoms. The molecule has 1 fully saturated rings. The minimum absolute atomic E-state index is 0.0622. The SMILES string of the molecule is Cc1ccc(/C=C2/SC(=O)N(CCNC(=O)CNC(=O)c3cc(C)cc(C)c3)C2=O)cc1. The first-order valence-corrected chi connectivity index (χ1v) is 11.0. The first-order chi connectivity index (χ1) is 15.2. The van der Waals surface area contributed by atoms with Gasteiger partial charge in [0.05, 0.1) is 11.4 Å². The van der Waals surface area contributed by atoms with E-state index in [2.05, 4.69) is 10.6 Å². The average molecular weight is 452 g/mol. The molecular formula is C24H25N3O4S. The maximum absolute atomic E-state index is 12.5. The molecule has 2 aromatic carbocycles. The molecule has 8 heteroatoms. The van der Waals surface area contributed by atoms with Gasteiger partial charge in [0.25, 0.3) is 17.1 Å². The van der Waals surface area contributed by atoms with Crippen molar-refractivity contribution in [2.24, 2.45) is 0 Å². The van der Waals surface area contributed by atoms with Gasteiger partial charge in [0, 0.05) is 18.7 Å². The Morgan fingerprint density at radius 3 is 2.25 bits per heavy atom. The summed E-state index contributed by atoms with van der Waals surface area (Å²) >= 11 is 0.883. The van der Waals surface area contributed by atoms with E-state index in [0.717, 1.165) is 38.9 Å². The van der Waals surface area contributed by atoms with Gasteiger partial charge in [-0.15, -0.1) is 0 Å². The summed E-state index contributed by atoms with van der Waals surface area (Å²) in [4.78, 5) is 50.5. The van der Waals surface area contributed by atoms with Crippen LogP contribution in [-0.4, -0.2) is 47.5 Å². The summed E-state index contributed by atoms with van der Waals surface area (Å²) in [5.41, 5.74) is 4.38. The Kier molecular flexibility index (Phi) is 7.48. The molecule has 2 N–H and O–H groups in total. The zero-order valence-electron chi connectivity index (χ0n) is 18.2. The van der Waals surface area contributed by atoms with Gasteiger partial charge in [-0.25, -0.2) is 0 Å². The smallest absolute Gasteiger partial charge is 0.293 e. The van der Waals surface area contributed by atoms with Crippen LogP contribution in [0.1, 0.15) is 32.6 Å². The molecule has 7 nitrogen and oxygen atoms in total. The van der Waals surface area contributed by atoms with Crippen LogP contribution in [0.2, 0.25) is 0 Å². The molecule has 2 aromatic rings. The number of carbonyl (C=O) groups excluding carboxylic acids is 4. The Morgan fingerprint density at radius 2 is 1.59 bits per heavy atom. The fraction of sp³-hybridized carbons (Fsp3) is 0.250. The van der Waals surface area contributed by atoms with Crippen molar-refractivity contribution < 1.29 is 19.2 Å². The third kappa shape index (κ3) is 6.07. The van der Waals surface area contributed by atoms with Crippen LogP contribution in [0.4, 0.5) is 4.79 Å². The minimum atomic E-state index is -0.398. The van der Waals surface area contributed by atoms with Crippen LogP contribution in [0, 0.1) is 20.8 Å². The topological polar surface area (TPSA) is 95.6 Å². The number of nitrogens with one attached hydrogen (secondary N) is 2. The molecule has 0 saturated carbocycles. The number of thioether (sulfide) groups is 1. The van der Waals surface area contributed by atoms with E-state index in [4.69, 9.17) is 0 Å². The highest BCUT2D eigenvalue weighted by molar-refractivity contribution is 8.18. The summed E-state index contributed by atoms with van der Waals surface area (Å²) < 4.78 is 0. The van der Waals surface area contributed by atoms with Gasteiger partial charge in [0.15, 0.2) is 0 Å². The van der Waals surface area contributed by atoms with Crippen LogP contribution in [-0.2, 0) is 9.59 Å². The molecule has 32 heavy (non-hydrogen) atoms. The molecule has 1 saturated heterocycles. The van der Waals surface area contributed by atoms with Crippen molar-refractivity contribution in [2.45, 2.75) is 20.8 Å². The summed E-state index contributed by atoms with van der Waals surface area (Å²) in [5.74, 6) is -1.11. The Morgan fingerprint density at radius 1 is 0.938 bits per heavy atom. The van der Waals surface area contributed by atoms with Crippen molar-refractivity contribution in [1.29, 1.82) is 0 Å². The van der Waals surface area contributed by atoms with Crippen LogP contribution >= 0.6 is 11.8 Å². The molecule has 0 aromatic heterocycles. The van der Waals surface area contributed by atoms with Crippen molar-refractivity contribution in [3.63, 3.8) is 0 Å². The maximum Gasteiger partial charge on any atom is 0.293 e. The lowest BCUT2D eigenvalue weighted by atomic mass is 10.1. The van der Waals surface area contributed by atoms with Gasteiger partial charge in [-0.1, -0.05) is 47.0 Å². The quantitative estimate of drug-likeness (QED) is 0.631. The Labute approximate surface area is 191 Å². The van der Waals surface area contributed by atoms with E-state index in [-0.39, 0.29) is 36.7 Å². The Balaban J connectivity index is 1.46. The zero-order valence-corrected chi connectivity index (χ0v) is 19.0. The fourth-order valence-electron chi connectivity index (χ4n) is 3.24. The predicted molar refractivity (Wildman–Crippen MR) is 125 cm³/mol. The lowest BCUT2D eigenvalue weighted by Gasteiger charge is -2.13. The van der Waals surface area contributed by atoms with Crippen molar-refractivity contribution in [2.75, 3.05) is 19.6 Å². The molecule has 0 unspecified atom stereocenters. The van der Waals surface area contributed by atoms with Crippen LogP contribution in [0.5, 0.6) is 0 Å². The second-order valence-corrected chi connectivity index (χ2v) is 8.65. The molecule has 1 heterocycles. The Bertz CT molecular complexity index is 1070. The molecule has 1 aliphatic heterocycles. The van der Waals surface area contributed by atoms with Gasteiger partial charge in [-0.05, 0) is 56.3 Å². The van der Waals surface area contributed by atoms with E-state index in [1.54, 1.807) is 18.2 Å². The lowest BCUT2D eigenvalue weighted by molar-refractivity contribution is -0.124. The molecule has 3 rings (SSSR count). The highest BCUT2D eigenvalue weighted by Crippen LogP contribution is 2.31. The van der Waals surface area contributed by atoms with Crippen molar-refractivity contribution in [1.82, 2.24) is 15.5 Å². The van der Waals surface area contributed by atoms with E-state index in [1.807, 2.05) is 51.1 Å².